The maximum atomic E-state index is 6.22. The lowest BCUT2D eigenvalue weighted by Gasteiger charge is -2.39. The third kappa shape index (κ3) is 5.33. The van der Waals surface area contributed by atoms with Crippen LogP contribution in [0.4, 0.5) is 5.69 Å². The largest absolute Gasteiger partial charge is 0.360 e. The first-order valence-corrected chi connectivity index (χ1v) is 9.92. The molecule has 1 aromatic rings. The van der Waals surface area contributed by atoms with Crippen LogP contribution in [0.1, 0.15) is 52.9 Å². The summed E-state index contributed by atoms with van der Waals surface area (Å²) < 4.78 is 0.962. The second-order valence-electron chi connectivity index (χ2n) is 7.11. The summed E-state index contributed by atoms with van der Waals surface area (Å²) in [5, 5.41) is 7.98. The predicted octanol–water partition coefficient (Wildman–Crippen LogP) is 6.38. The quantitative estimate of drug-likeness (QED) is 0.555. The molecule has 23 heavy (non-hydrogen) atoms. The monoisotopic (exact) mass is 416 g/mol. The Morgan fingerprint density at radius 1 is 1.30 bits per heavy atom. The fourth-order valence-corrected chi connectivity index (χ4v) is 4.24. The van der Waals surface area contributed by atoms with Gasteiger partial charge in [0.15, 0.2) is 5.11 Å². The summed E-state index contributed by atoms with van der Waals surface area (Å²) in [7, 11) is 0. The molecule has 0 aliphatic heterocycles. The first kappa shape index (κ1) is 19.0. The third-order valence-corrected chi connectivity index (χ3v) is 6.28. The van der Waals surface area contributed by atoms with Gasteiger partial charge in [0.1, 0.15) is 0 Å². The molecule has 0 aromatic heterocycles. The van der Waals surface area contributed by atoms with Crippen LogP contribution in [-0.4, -0.2) is 11.2 Å². The van der Waals surface area contributed by atoms with Crippen molar-refractivity contribution in [3.05, 3.63) is 27.7 Å². The van der Waals surface area contributed by atoms with E-state index in [1.165, 1.54) is 32.1 Å². The Morgan fingerprint density at radius 2 is 1.96 bits per heavy atom. The second-order valence-corrected chi connectivity index (χ2v) is 8.84. The van der Waals surface area contributed by atoms with Gasteiger partial charge in [-0.05, 0) is 67.4 Å². The van der Waals surface area contributed by atoms with Crippen LogP contribution < -0.4 is 10.6 Å². The van der Waals surface area contributed by atoms with Crippen molar-refractivity contribution < 1.29 is 0 Å². The minimum absolute atomic E-state index is 0.453. The van der Waals surface area contributed by atoms with Gasteiger partial charge >= 0.3 is 0 Å². The number of rotatable bonds is 4. The van der Waals surface area contributed by atoms with Crippen molar-refractivity contribution in [2.24, 2.45) is 11.3 Å². The lowest BCUT2D eigenvalue weighted by molar-refractivity contribution is 0.141. The first-order valence-electron chi connectivity index (χ1n) is 8.34. The van der Waals surface area contributed by atoms with E-state index in [0.29, 0.717) is 21.6 Å². The maximum Gasteiger partial charge on any atom is 0.171 e. The Bertz CT molecular complexity index is 554. The molecular formula is C18H26BrClN2S. The molecule has 0 bridgehead atoms. The van der Waals surface area contributed by atoms with E-state index in [4.69, 9.17) is 23.8 Å². The normalized spacial score (nSPS) is 21.8. The Balaban J connectivity index is 1.83. The standard InChI is InChI=1S/C18H26BrClN2S/c1-4-18(2,3)12-5-8-14(9-6-12)21-17(23)22-16-10-7-13(19)11-15(16)20/h7,10-12,14H,4-6,8-9H2,1-3H3,(H2,21,22,23). The molecule has 128 valence electrons. The van der Waals surface area contributed by atoms with Crippen LogP contribution in [0.15, 0.2) is 22.7 Å². The molecule has 0 radical (unpaired) electrons. The van der Waals surface area contributed by atoms with Gasteiger partial charge in [-0.15, -0.1) is 0 Å². The molecule has 1 fully saturated rings. The maximum absolute atomic E-state index is 6.22. The highest BCUT2D eigenvalue weighted by atomic mass is 79.9. The van der Waals surface area contributed by atoms with Crippen LogP contribution in [0.3, 0.4) is 0 Å². The van der Waals surface area contributed by atoms with Crippen molar-refractivity contribution >= 4 is 50.5 Å². The average Bonchev–Trinajstić information content (AvgIpc) is 2.50. The van der Waals surface area contributed by atoms with E-state index in [1.54, 1.807) is 0 Å². The smallest absolute Gasteiger partial charge is 0.171 e. The second kappa shape index (κ2) is 8.17. The summed E-state index contributed by atoms with van der Waals surface area (Å²) in [5.74, 6) is 0.827. The van der Waals surface area contributed by atoms with Crippen molar-refractivity contribution in [2.45, 2.75) is 58.9 Å². The number of hydrogen-bond donors (Lipinski definition) is 2. The van der Waals surface area contributed by atoms with Crippen LogP contribution in [0.2, 0.25) is 5.02 Å². The first-order chi connectivity index (χ1) is 10.8. The molecule has 0 spiro atoms. The van der Waals surface area contributed by atoms with Crippen LogP contribution in [0.25, 0.3) is 0 Å². The van der Waals surface area contributed by atoms with Gasteiger partial charge in [-0.2, -0.15) is 0 Å². The highest BCUT2D eigenvalue weighted by Crippen LogP contribution is 2.40. The minimum Gasteiger partial charge on any atom is -0.360 e. The van der Waals surface area contributed by atoms with Crippen molar-refractivity contribution in [1.82, 2.24) is 5.32 Å². The van der Waals surface area contributed by atoms with Gasteiger partial charge in [0.25, 0.3) is 0 Å². The SMILES string of the molecule is CCC(C)(C)C1CCC(NC(=S)Nc2ccc(Br)cc2Cl)CC1. The molecule has 5 heteroatoms. The Morgan fingerprint density at radius 3 is 2.52 bits per heavy atom. The molecule has 0 unspecified atom stereocenters. The molecule has 2 N–H and O–H groups in total. The van der Waals surface area contributed by atoms with Crippen LogP contribution in [0.5, 0.6) is 0 Å². The fraction of sp³-hybridized carbons (Fsp3) is 0.611. The average molecular weight is 418 g/mol. The molecule has 2 nitrogen and oxygen atoms in total. The lowest BCUT2D eigenvalue weighted by atomic mass is 9.69. The van der Waals surface area contributed by atoms with Crippen LogP contribution >= 0.6 is 39.7 Å². The summed E-state index contributed by atoms with van der Waals surface area (Å²) in [4.78, 5) is 0. The van der Waals surface area contributed by atoms with Crippen molar-refractivity contribution in [3.63, 3.8) is 0 Å². The number of nitrogens with one attached hydrogen (secondary N) is 2. The number of thiocarbonyl (C=S) groups is 1. The van der Waals surface area contributed by atoms with Gasteiger partial charge in [0, 0.05) is 10.5 Å². The molecule has 1 aliphatic carbocycles. The van der Waals surface area contributed by atoms with E-state index in [9.17, 15) is 0 Å². The lowest BCUT2D eigenvalue weighted by Crippen LogP contribution is -2.41. The number of anilines is 1. The molecular weight excluding hydrogens is 392 g/mol. The van der Waals surface area contributed by atoms with Gasteiger partial charge in [0.05, 0.1) is 10.7 Å². The van der Waals surface area contributed by atoms with Gasteiger partial charge in [-0.3, -0.25) is 0 Å². The molecule has 0 heterocycles. The van der Waals surface area contributed by atoms with Gasteiger partial charge in [0.2, 0.25) is 0 Å². The Labute approximate surface area is 158 Å². The van der Waals surface area contributed by atoms with Crippen LogP contribution in [0, 0.1) is 11.3 Å². The van der Waals surface area contributed by atoms with E-state index >= 15 is 0 Å². The van der Waals surface area contributed by atoms with E-state index in [1.807, 2.05) is 18.2 Å². The molecule has 1 aromatic carbocycles. The summed E-state index contributed by atoms with van der Waals surface area (Å²) in [5.41, 5.74) is 1.29. The minimum atomic E-state index is 0.453. The zero-order chi connectivity index (χ0) is 17.0. The number of benzene rings is 1. The van der Waals surface area contributed by atoms with E-state index in [0.717, 1.165) is 16.1 Å². The van der Waals surface area contributed by atoms with Gasteiger partial charge < -0.3 is 10.6 Å². The van der Waals surface area contributed by atoms with Crippen LogP contribution in [-0.2, 0) is 0 Å². The number of hydrogen-bond acceptors (Lipinski definition) is 1. The summed E-state index contributed by atoms with van der Waals surface area (Å²) in [6, 6.07) is 6.22. The zero-order valence-corrected chi connectivity index (χ0v) is 17.2. The molecule has 0 amide bonds. The Kier molecular flexibility index (Phi) is 6.76. The van der Waals surface area contributed by atoms with Crippen molar-refractivity contribution in [3.8, 4) is 0 Å². The molecule has 1 saturated carbocycles. The van der Waals surface area contributed by atoms with Crippen molar-refractivity contribution in [2.75, 3.05) is 5.32 Å². The van der Waals surface area contributed by atoms with E-state index in [-0.39, 0.29) is 0 Å². The van der Waals surface area contributed by atoms with E-state index < -0.39 is 0 Å². The van der Waals surface area contributed by atoms with Gasteiger partial charge in [-0.25, -0.2) is 0 Å². The highest BCUT2D eigenvalue weighted by molar-refractivity contribution is 9.10. The van der Waals surface area contributed by atoms with Gasteiger partial charge in [-0.1, -0.05) is 54.7 Å². The Hall–Kier alpha value is -0.320. The van der Waals surface area contributed by atoms with E-state index in [2.05, 4.69) is 47.3 Å². The fourth-order valence-electron chi connectivity index (χ4n) is 3.24. The summed E-state index contributed by atoms with van der Waals surface area (Å²) in [6.07, 6.45) is 6.17. The summed E-state index contributed by atoms with van der Waals surface area (Å²) >= 11 is 15.1. The zero-order valence-electron chi connectivity index (χ0n) is 14.1. The summed E-state index contributed by atoms with van der Waals surface area (Å²) in [6.45, 7) is 7.09. The topological polar surface area (TPSA) is 24.1 Å². The van der Waals surface area contributed by atoms with Crippen molar-refractivity contribution in [1.29, 1.82) is 0 Å². The molecule has 0 atom stereocenters. The predicted molar refractivity (Wildman–Crippen MR) is 108 cm³/mol. The molecule has 2 rings (SSSR count). The molecule has 1 aliphatic rings. The number of halogens is 2. The third-order valence-electron chi connectivity index (χ3n) is 5.26. The molecule has 0 saturated heterocycles. The highest BCUT2D eigenvalue weighted by Gasteiger charge is 2.31.